The molecule has 0 amide bonds. The molecule has 0 saturated heterocycles. The number of sulfone groups is 1. The molecule has 1 N–H and O–H groups in total. The van der Waals surface area contributed by atoms with E-state index in [4.69, 9.17) is 4.55 Å². The number of alkyl halides is 3. The van der Waals surface area contributed by atoms with Gasteiger partial charge in [-0.15, -0.1) is 0 Å². The Balaban J connectivity index is 4.73. The Labute approximate surface area is 121 Å². The van der Waals surface area contributed by atoms with Gasteiger partial charge < -0.3 is 4.74 Å². The van der Waals surface area contributed by atoms with E-state index < -0.39 is 57.4 Å². The van der Waals surface area contributed by atoms with Gasteiger partial charge in [-0.2, -0.15) is 21.6 Å². The van der Waals surface area contributed by atoms with Crippen LogP contribution in [-0.4, -0.2) is 59.4 Å². The van der Waals surface area contributed by atoms with Crippen LogP contribution in [0.15, 0.2) is 0 Å². The lowest BCUT2D eigenvalue weighted by Gasteiger charge is -2.28. The molecule has 21 heavy (non-hydrogen) atoms. The van der Waals surface area contributed by atoms with E-state index >= 15 is 0 Å². The second-order valence-electron chi connectivity index (χ2n) is 4.99. The Morgan fingerprint density at radius 3 is 1.95 bits per heavy atom. The molecule has 0 saturated carbocycles. The van der Waals surface area contributed by atoms with Crippen LogP contribution in [0.3, 0.4) is 0 Å². The molecule has 1 atom stereocenters. The van der Waals surface area contributed by atoms with Gasteiger partial charge in [0.15, 0.2) is 0 Å². The summed E-state index contributed by atoms with van der Waals surface area (Å²) in [5.74, 6) is -0.395. The van der Waals surface area contributed by atoms with Crippen LogP contribution < -0.4 is 0 Å². The van der Waals surface area contributed by atoms with Gasteiger partial charge in [-0.25, -0.2) is 12.6 Å². The zero-order valence-electron chi connectivity index (χ0n) is 11.4. The minimum Gasteiger partial charge on any atom is -0.371 e. The largest absolute Gasteiger partial charge is 0.411 e. The van der Waals surface area contributed by atoms with E-state index in [1.807, 2.05) is 0 Å². The Morgan fingerprint density at radius 2 is 1.57 bits per heavy atom. The maximum atomic E-state index is 12.0. The molecule has 0 fully saturated rings. The average molecular weight is 358 g/mol. The number of hydrogen-bond acceptors (Lipinski definition) is 6. The van der Waals surface area contributed by atoms with Gasteiger partial charge in [0, 0.05) is 11.7 Å². The van der Waals surface area contributed by atoms with E-state index in [2.05, 4.69) is 8.92 Å². The molecule has 0 aromatic carbocycles. The van der Waals surface area contributed by atoms with Crippen molar-refractivity contribution in [2.75, 3.05) is 31.8 Å². The Kier molecular flexibility index (Phi) is 7.07. The second kappa shape index (κ2) is 7.22. The summed E-state index contributed by atoms with van der Waals surface area (Å²) < 4.78 is 96.2. The van der Waals surface area contributed by atoms with Gasteiger partial charge in [0.25, 0.3) is 0 Å². The zero-order valence-corrected chi connectivity index (χ0v) is 13.0. The van der Waals surface area contributed by atoms with E-state index in [0.717, 1.165) is 6.26 Å². The number of halogens is 3. The smallest absolute Gasteiger partial charge is 0.371 e. The first kappa shape index (κ1) is 20.6. The fraction of sp³-hybridized carbons (Fsp3) is 1.00. The van der Waals surface area contributed by atoms with Crippen LogP contribution >= 0.6 is 0 Å². The molecule has 128 valence electrons. The van der Waals surface area contributed by atoms with Crippen molar-refractivity contribution in [2.45, 2.75) is 19.5 Å². The van der Waals surface area contributed by atoms with Gasteiger partial charge in [0.05, 0.1) is 19.0 Å². The van der Waals surface area contributed by atoms with Crippen LogP contribution in [0.1, 0.15) is 13.3 Å². The number of ether oxygens (including phenoxy) is 1. The monoisotopic (exact) mass is 358 g/mol. The normalized spacial score (nSPS) is 16.7. The highest BCUT2D eigenvalue weighted by molar-refractivity contribution is 7.90. The quantitative estimate of drug-likeness (QED) is 0.608. The average Bonchev–Trinajstić information content (AvgIpc) is 2.20. The topological polar surface area (TPSA) is 107 Å². The lowest BCUT2D eigenvalue weighted by molar-refractivity contribution is -0.181. The molecule has 7 nitrogen and oxygen atoms in total. The third-order valence-corrected chi connectivity index (χ3v) is 3.71. The van der Waals surface area contributed by atoms with E-state index in [-0.39, 0.29) is 6.42 Å². The van der Waals surface area contributed by atoms with Crippen LogP contribution in [0.5, 0.6) is 0 Å². The molecule has 0 bridgehead atoms. The van der Waals surface area contributed by atoms with Crippen LogP contribution in [0.4, 0.5) is 13.2 Å². The van der Waals surface area contributed by atoms with E-state index in [1.54, 1.807) is 0 Å². The third kappa shape index (κ3) is 13.0. The lowest BCUT2D eigenvalue weighted by atomic mass is 9.90. The highest BCUT2D eigenvalue weighted by Gasteiger charge is 2.32. The molecule has 0 aliphatic rings. The first-order valence-corrected chi connectivity index (χ1v) is 8.99. The van der Waals surface area contributed by atoms with Gasteiger partial charge in [-0.3, -0.25) is 4.55 Å². The number of hydrogen-bond donors (Lipinski definition) is 1. The highest BCUT2D eigenvalue weighted by Crippen LogP contribution is 2.25. The first-order valence-electron chi connectivity index (χ1n) is 5.56. The van der Waals surface area contributed by atoms with Crippen molar-refractivity contribution < 1.29 is 43.5 Å². The van der Waals surface area contributed by atoms with Crippen molar-refractivity contribution in [3.8, 4) is 0 Å². The SMILES string of the molecule is CC(CCS(C)(=O)=O)(COCC(F)(F)F)COS(=O)(=O)O. The van der Waals surface area contributed by atoms with E-state index in [9.17, 15) is 30.0 Å². The standard InChI is InChI=1S/C9H17F3O7S2/c1-8(3-4-20(2,13)14,6-19-21(15,16)17)5-18-7-9(10,11)12/h3-7H2,1-2H3,(H,15,16,17). The minimum absolute atomic E-state index is 0.195. The fourth-order valence-electron chi connectivity index (χ4n) is 1.25. The summed E-state index contributed by atoms with van der Waals surface area (Å²) in [6, 6.07) is 0. The Hall–Kier alpha value is -0.430. The Bertz CT molecular complexity index is 488. The summed E-state index contributed by atoms with van der Waals surface area (Å²) in [6.07, 6.45) is -3.84. The Morgan fingerprint density at radius 1 is 1.05 bits per heavy atom. The molecular weight excluding hydrogens is 341 g/mol. The van der Waals surface area contributed by atoms with Gasteiger partial charge in [0.2, 0.25) is 0 Å². The molecule has 0 radical (unpaired) electrons. The van der Waals surface area contributed by atoms with Gasteiger partial charge >= 0.3 is 16.6 Å². The van der Waals surface area contributed by atoms with Crippen LogP contribution in [-0.2, 0) is 29.2 Å². The molecule has 0 rings (SSSR count). The predicted molar refractivity (Wildman–Crippen MR) is 66.8 cm³/mol. The molecule has 1 unspecified atom stereocenters. The summed E-state index contributed by atoms with van der Waals surface area (Å²) >= 11 is 0. The van der Waals surface area contributed by atoms with Crippen LogP contribution in [0.25, 0.3) is 0 Å². The van der Waals surface area contributed by atoms with Crippen molar-refractivity contribution in [3.63, 3.8) is 0 Å². The third-order valence-electron chi connectivity index (χ3n) is 2.35. The molecule has 0 aromatic rings. The minimum atomic E-state index is -4.79. The van der Waals surface area contributed by atoms with Crippen LogP contribution in [0, 0.1) is 5.41 Å². The van der Waals surface area contributed by atoms with Crippen molar-refractivity contribution in [3.05, 3.63) is 0 Å². The van der Waals surface area contributed by atoms with Gasteiger partial charge in [-0.05, 0) is 6.42 Å². The van der Waals surface area contributed by atoms with Gasteiger partial charge in [-0.1, -0.05) is 6.92 Å². The summed E-state index contributed by atoms with van der Waals surface area (Å²) in [5.41, 5.74) is -1.33. The molecule has 0 aliphatic carbocycles. The summed E-state index contributed by atoms with van der Waals surface area (Å²) in [6.45, 7) is -1.57. The van der Waals surface area contributed by atoms with Crippen molar-refractivity contribution in [2.24, 2.45) is 5.41 Å². The van der Waals surface area contributed by atoms with E-state index in [0.29, 0.717) is 0 Å². The molecular formula is C9H17F3O7S2. The second-order valence-corrected chi connectivity index (χ2v) is 8.34. The molecule has 12 heteroatoms. The first-order chi connectivity index (χ1) is 9.12. The van der Waals surface area contributed by atoms with Crippen molar-refractivity contribution >= 4 is 20.2 Å². The molecule has 0 heterocycles. The summed E-state index contributed by atoms with van der Waals surface area (Å²) in [7, 11) is -8.20. The summed E-state index contributed by atoms with van der Waals surface area (Å²) in [5, 5.41) is 0. The highest BCUT2D eigenvalue weighted by atomic mass is 32.3. The predicted octanol–water partition coefficient (Wildman–Crippen LogP) is 0.826. The van der Waals surface area contributed by atoms with Crippen molar-refractivity contribution in [1.82, 2.24) is 0 Å². The van der Waals surface area contributed by atoms with Crippen molar-refractivity contribution in [1.29, 1.82) is 0 Å². The maximum Gasteiger partial charge on any atom is 0.411 e. The molecule has 0 aromatic heterocycles. The maximum absolute atomic E-state index is 12.0. The molecule has 0 spiro atoms. The fourth-order valence-corrected chi connectivity index (χ4v) is 2.54. The summed E-state index contributed by atoms with van der Waals surface area (Å²) in [4.78, 5) is 0. The van der Waals surface area contributed by atoms with E-state index in [1.165, 1.54) is 6.92 Å². The zero-order chi connectivity index (χ0) is 16.9. The van der Waals surface area contributed by atoms with Gasteiger partial charge in [0.1, 0.15) is 16.4 Å². The lowest BCUT2D eigenvalue weighted by Crippen LogP contribution is -2.34. The molecule has 0 aliphatic heterocycles. The van der Waals surface area contributed by atoms with Crippen LogP contribution in [0.2, 0.25) is 0 Å². The number of rotatable bonds is 9.